The Morgan fingerprint density at radius 3 is 2.18 bits per heavy atom. The molecule has 0 aromatic carbocycles. The lowest BCUT2D eigenvalue weighted by molar-refractivity contribution is 0.0352. The normalized spacial score (nSPS) is 34.0. The highest BCUT2D eigenvalue weighted by atomic mass is 79.9. The second-order valence-corrected chi connectivity index (χ2v) is 7.45. The van der Waals surface area contributed by atoms with E-state index < -0.39 is 0 Å². The Morgan fingerprint density at radius 1 is 1.06 bits per heavy atom. The van der Waals surface area contributed by atoms with Crippen molar-refractivity contribution in [2.24, 2.45) is 16.2 Å². The molecule has 0 saturated heterocycles. The van der Waals surface area contributed by atoms with Gasteiger partial charge in [-0.1, -0.05) is 68.3 Å². The summed E-state index contributed by atoms with van der Waals surface area (Å²) in [6.45, 7) is 12.0. The molecule has 0 nitrogen and oxygen atoms in total. The third kappa shape index (κ3) is 1.54. The Morgan fingerprint density at radius 2 is 1.65 bits per heavy atom. The molecule has 0 spiro atoms. The summed E-state index contributed by atoms with van der Waals surface area (Å²) in [5.74, 6) is 0. The summed E-state index contributed by atoms with van der Waals surface area (Å²) in [5.41, 5.74) is 2.68. The van der Waals surface area contributed by atoms with E-state index in [9.17, 15) is 0 Å². The van der Waals surface area contributed by atoms with Crippen LogP contribution in [0, 0.1) is 16.2 Å². The Hall–Kier alpha value is -0.0400. The van der Waals surface area contributed by atoms with Gasteiger partial charge in [0.25, 0.3) is 0 Å². The molecule has 2 aliphatic rings. The number of fused-ring (bicyclic) bond motifs is 1. The molecule has 2 aliphatic carbocycles. The predicted octanol–water partition coefficient (Wildman–Crippen LogP) is 5.84. The molecule has 2 rings (SSSR count). The highest BCUT2D eigenvalue weighted by molar-refractivity contribution is 9.11. The third-order valence-electron chi connectivity index (χ3n) is 5.78. The second-order valence-electron chi connectivity index (χ2n) is 6.59. The quantitative estimate of drug-likeness (QED) is 0.601. The molecule has 0 unspecified atom stereocenters. The molecular weight excluding hydrogens is 272 g/mol. The second kappa shape index (κ2) is 3.98. The smallest absolute Gasteiger partial charge is 0.0264 e. The van der Waals surface area contributed by atoms with Crippen LogP contribution in [-0.4, -0.2) is 0 Å². The first kappa shape index (κ1) is 13.4. The minimum atomic E-state index is 0.234. The molecular formula is C16H25Br. The molecule has 96 valence electrons. The van der Waals surface area contributed by atoms with E-state index in [1.54, 1.807) is 5.57 Å². The van der Waals surface area contributed by atoms with E-state index in [-0.39, 0.29) is 5.41 Å². The molecule has 0 radical (unpaired) electrons. The SMILES string of the molecule is CCC1(CC)CCC(C)(C)C2=CC=C(Br)[C@]21C. The van der Waals surface area contributed by atoms with Gasteiger partial charge in [-0.25, -0.2) is 0 Å². The fourth-order valence-electron chi connectivity index (χ4n) is 4.31. The molecule has 0 bridgehead atoms. The Kier molecular flexibility index (Phi) is 3.14. The molecule has 0 heterocycles. The fourth-order valence-corrected chi connectivity index (χ4v) is 5.07. The first-order valence-electron chi connectivity index (χ1n) is 6.93. The van der Waals surface area contributed by atoms with Crippen molar-refractivity contribution in [1.82, 2.24) is 0 Å². The largest absolute Gasteiger partial charge is 0.0648 e. The molecule has 1 fully saturated rings. The van der Waals surface area contributed by atoms with Crippen molar-refractivity contribution < 1.29 is 0 Å². The van der Waals surface area contributed by atoms with Gasteiger partial charge in [0.05, 0.1) is 0 Å². The minimum absolute atomic E-state index is 0.234. The molecule has 0 N–H and O–H groups in total. The van der Waals surface area contributed by atoms with Gasteiger partial charge >= 0.3 is 0 Å². The van der Waals surface area contributed by atoms with Crippen LogP contribution >= 0.6 is 15.9 Å². The fraction of sp³-hybridized carbons (Fsp3) is 0.750. The molecule has 0 aromatic rings. The molecule has 0 aromatic heterocycles. The number of hydrogen-bond acceptors (Lipinski definition) is 0. The zero-order valence-electron chi connectivity index (χ0n) is 11.9. The van der Waals surface area contributed by atoms with Crippen molar-refractivity contribution in [2.45, 2.75) is 60.3 Å². The topological polar surface area (TPSA) is 0 Å². The van der Waals surface area contributed by atoms with Crippen molar-refractivity contribution in [2.75, 3.05) is 0 Å². The molecule has 1 saturated carbocycles. The van der Waals surface area contributed by atoms with Crippen LogP contribution in [0.1, 0.15) is 60.3 Å². The van der Waals surface area contributed by atoms with E-state index >= 15 is 0 Å². The van der Waals surface area contributed by atoms with E-state index in [4.69, 9.17) is 0 Å². The van der Waals surface area contributed by atoms with E-state index in [0.717, 1.165) is 0 Å². The van der Waals surface area contributed by atoms with Crippen LogP contribution in [0.25, 0.3) is 0 Å². The van der Waals surface area contributed by atoms with Crippen molar-refractivity contribution in [3.63, 3.8) is 0 Å². The van der Waals surface area contributed by atoms with Gasteiger partial charge in [-0.05, 0) is 36.5 Å². The molecule has 1 heteroatoms. The third-order valence-corrected chi connectivity index (χ3v) is 6.84. The van der Waals surface area contributed by atoms with Crippen LogP contribution in [0.3, 0.4) is 0 Å². The zero-order chi connectivity index (χ0) is 12.9. The van der Waals surface area contributed by atoms with Gasteiger partial charge in [-0.3, -0.25) is 0 Å². The average molecular weight is 297 g/mol. The maximum atomic E-state index is 3.85. The van der Waals surface area contributed by atoms with Crippen LogP contribution in [0.15, 0.2) is 22.2 Å². The first-order chi connectivity index (χ1) is 7.84. The predicted molar refractivity (Wildman–Crippen MR) is 79.2 cm³/mol. The summed E-state index contributed by atoms with van der Waals surface area (Å²) < 4.78 is 1.40. The molecule has 0 aliphatic heterocycles. The summed E-state index contributed by atoms with van der Waals surface area (Å²) in [5, 5.41) is 0. The van der Waals surface area contributed by atoms with E-state index in [1.165, 1.54) is 30.2 Å². The number of halogens is 1. The van der Waals surface area contributed by atoms with Crippen molar-refractivity contribution >= 4 is 15.9 Å². The standard InChI is InChI=1S/C16H25Br/c1-6-16(7-2)11-10-14(3,4)12-8-9-13(17)15(12,16)5/h8-9H,6-7,10-11H2,1-5H3/t15-/m0/s1. The Labute approximate surface area is 115 Å². The van der Waals surface area contributed by atoms with Crippen molar-refractivity contribution in [3.05, 3.63) is 22.2 Å². The summed E-state index contributed by atoms with van der Waals surface area (Å²) in [6.07, 6.45) is 9.90. The van der Waals surface area contributed by atoms with Gasteiger partial charge < -0.3 is 0 Å². The summed E-state index contributed by atoms with van der Waals surface area (Å²) >= 11 is 3.85. The lowest BCUT2D eigenvalue weighted by Gasteiger charge is -2.57. The van der Waals surface area contributed by atoms with E-state index in [1.807, 2.05) is 0 Å². The Balaban J connectivity index is 2.57. The highest BCUT2D eigenvalue weighted by Crippen LogP contribution is 2.68. The number of rotatable bonds is 2. The average Bonchev–Trinajstić information content (AvgIpc) is 2.59. The molecule has 1 atom stereocenters. The number of allylic oxidation sites excluding steroid dienone is 4. The van der Waals surface area contributed by atoms with Crippen LogP contribution < -0.4 is 0 Å². The summed E-state index contributed by atoms with van der Waals surface area (Å²) in [4.78, 5) is 0. The Bertz CT molecular complexity index is 382. The zero-order valence-corrected chi connectivity index (χ0v) is 13.4. The van der Waals surface area contributed by atoms with Gasteiger partial charge in [-0.15, -0.1) is 0 Å². The van der Waals surface area contributed by atoms with Crippen LogP contribution in [-0.2, 0) is 0 Å². The lowest BCUT2D eigenvalue weighted by Crippen LogP contribution is -2.48. The van der Waals surface area contributed by atoms with Gasteiger partial charge in [-0.2, -0.15) is 0 Å². The van der Waals surface area contributed by atoms with Gasteiger partial charge in [0, 0.05) is 9.90 Å². The van der Waals surface area contributed by atoms with Gasteiger partial charge in [0.2, 0.25) is 0 Å². The van der Waals surface area contributed by atoms with E-state index in [2.05, 4.69) is 62.7 Å². The van der Waals surface area contributed by atoms with Crippen LogP contribution in [0.4, 0.5) is 0 Å². The molecule has 0 amide bonds. The maximum absolute atomic E-state index is 3.85. The molecule has 17 heavy (non-hydrogen) atoms. The summed E-state index contributed by atoms with van der Waals surface area (Å²) in [6, 6.07) is 0. The van der Waals surface area contributed by atoms with Crippen LogP contribution in [0.2, 0.25) is 0 Å². The van der Waals surface area contributed by atoms with Crippen molar-refractivity contribution in [3.8, 4) is 0 Å². The monoisotopic (exact) mass is 296 g/mol. The summed E-state index contributed by atoms with van der Waals surface area (Å²) in [7, 11) is 0. The highest BCUT2D eigenvalue weighted by Gasteiger charge is 2.57. The van der Waals surface area contributed by atoms with Gasteiger partial charge in [0.1, 0.15) is 0 Å². The maximum Gasteiger partial charge on any atom is 0.0264 e. The first-order valence-corrected chi connectivity index (χ1v) is 7.72. The lowest BCUT2D eigenvalue weighted by atomic mass is 9.48. The van der Waals surface area contributed by atoms with E-state index in [0.29, 0.717) is 10.8 Å². The van der Waals surface area contributed by atoms with Crippen LogP contribution in [0.5, 0.6) is 0 Å². The number of hydrogen-bond donors (Lipinski definition) is 0. The van der Waals surface area contributed by atoms with Gasteiger partial charge in [0.15, 0.2) is 0 Å². The minimum Gasteiger partial charge on any atom is -0.0648 e. The van der Waals surface area contributed by atoms with Crippen molar-refractivity contribution in [1.29, 1.82) is 0 Å².